The minimum absolute atomic E-state index is 0. The van der Waals surface area contributed by atoms with E-state index in [-0.39, 0.29) is 12.4 Å². The summed E-state index contributed by atoms with van der Waals surface area (Å²) in [6.07, 6.45) is 10.9. The van der Waals surface area contributed by atoms with E-state index in [1.807, 2.05) is 0 Å². The van der Waals surface area contributed by atoms with Crippen LogP contribution in [0.25, 0.3) is 0 Å². The molecular formula is C15H29ClN2O. The van der Waals surface area contributed by atoms with E-state index in [1.54, 1.807) is 0 Å². The second-order valence-electron chi connectivity index (χ2n) is 6.12. The molecule has 1 aliphatic heterocycles. The molecule has 0 aromatic heterocycles. The molecule has 0 bridgehead atoms. The molecule has 19 heavy (non-hydrogen) atoms. The third kappa shape index (κ3) is 5.31. The number of likely N-dealkylation sites (tertiary alicyclic amines) is 1. The number of nitrogens with two attached hydrogens (primary N) is 1. The van der Waals surface area contributed by atoms with E-state index < -0.39 is 0 Å². The minimum Gasteiger partial charge on any atom is -0.343 e. The normalized spacial score (nSPS) is 22.7. The standard InChI is InChI=1S/C15H28N2O.ClH/c16-12-14-7-9-17(10-8-14)15(18)11-13-5-3-1-2-4-6-13;/h13-14H,1-12,16H2;1H. The van der Waals surface area contributed by atoms with Gasteiger partial charge in [-0.2, -0.15) is 0 Å². The van der Waals surface area contributed by atoms with E-state index in [2.05, 4.69) is 4.90 Å². The van der Waals surface area contributed by atoms with Gasteiger partial charge in [0.1, 0.15) is 0 Å². The monoisotopic (exact) mass is 288 g/mol. The number of carbonyl (C=O) groups excluding carboxylic acids is 1. The van der Waals surface area contributed by atoms with Gasteiger partial charge >= 0.3 is 0 Å². The fourth-order valence-electron chi connectivity index (χ4n) is 3.36. The lowest BCUT2D eigenvalue weighted by Gasteiger charge is -2.32. The summed E-state index contributed by atoms with van der Waals surface area (Å²) in [5.41, 5.74) is 5.69. The lowest BCUT2D eigenvalue weighted by Crippen LogP contribution is -2.40. The zero-order valence-corrected chi connectivity index (χ0v) is 12.8. The predicted molar refractivity (Wildman–Crippen MR) is 81.4 cm³/mol. The van der Waals surface area contributed by atoms with Crippen molar-refractivity contribution in [3.63, 3.8) is 0 Å². The summed E-state index contributed by atoms with van der Waals surface area (Å²) in [6, 6.07) is 0. The van der Waals surface area contributed by atoms with Crippen molar-refractivity contribution in [1.82, 2.24) is 4.90 Å². The molecule has 2 N–H and O–H groups in total. The Morgan fingerprint density at radius 2 is 1.53 bits per heavy atom. The summed E-state index contributed by atoms with van der Waals surface area (Å²) >= 11 is 0. The van der Waals surface area contributed by atoms with Gasteiger partial charge in [0.15, 0.2) is 0 Å². The number of carbonyl (C=O) groups is 1. The highest BCUT2D eigenvalue weighted by atomic mass is 35.5. The van der Waals surface area contributed by atoms with E-state index in [0.717, 1.165) is 38.9 Å². The van der Waals surface area contributed by atoms with Gasteiger partial charge in [-0.05, 0) is 44.1 Å². The molecule has 3 nitrogen and oxygen atoms in total. The number of nitrogens with zero attached hydrogens (tertiary/aromatic N) is 1. The van der Waals surface area contributed by atoms with Crippen molar-refractivity contribution in [3.05, 3.63) is 0 Å². The Bertz CT molecular complexity index is 257. The minimum atomic E-state index is 0. The van der Waals surface area contributed by atoms with Gasteiger partial charge in [-0.1, -0.05) is 25.7 Å². The van der Waals surface area contributed by atoms with E-state index in [4.69, 9.17) is 5.73 Å². The Balaban J connectivity index is 0.00000180. The summed E-state index contributed by atoms with van der Waals surface area (Å²) in [4.78, 5) is 14.3. The number of piperidine rings is 1. The topological polar surface area (TPSA) is 46.3 Å². The molecule has 0 unspecified atom stereocenters. The smallest absolute Gasteiger partial charge is 0.222 e. The zero-order chi connectivity index (χ0) is 12.8. The van der Waals surface area contributed by atoms with Crippen LogP contribution >= 0.6 is 12.4 Å². The molecule has 1 saturated heterocycles. The molecule has 1 heterocycles. The highest BCUT2D eigenvalue weighted by Crippen LogP contribution is 2.26. The fourth-order valence-corrected chi connectivity index (χ4v) is 3.36. The lowest BCUT2D eigenvalue weighted by atomic mass is 9.93. The van der Waals surface area contributed by atoms with Crippen molar-refractivity contribution in [2.24, 2.45) is 17.6 Å². The molecule has 1 saturated carbocycles. The number of halogens is 1. The molecule has 0 aromatic carbocycles. The number of rotatable bonds is 3. The third-order valence-electron chi connectivity index (χ3n) is 4.74. The van der Waals surface area contributed by atoms with Gasteiger partial charge in [-0.25, -0.2) is 0 Å². The Kier molecular flexibility index (Phi) is 7.77. The van der Waals surface area contributed by atoms with Gasteiger partial charge in [0.05, 0.1) is 0 Å². The van der Waals surface area contributed by atoms with Gasteiger partial charge in [0.2, 0.25) is 5.91 Å². The lowest BCUT2D eigenvalue weighted by molar-refractivity contribution is -0.133. The maximum Gasteiger partial charge on any atom is 0.222 e. The Hall–Kier alpha value is -0.280. The van der Waals surface area contributed by atoms with E-state index in [1.165, 1.54) is 38.5 Å². The summed E-state index contributed by atoms with van der Waals surface area (Å²) in [5.74, 6) is 1.71. The van der Waals surface area contributed by atoms with Crippen LogP contribution in [0.4, 0.5) is 0 Å². The van der Waals surface area contributed by atoms with E-state index in [0.29, 0.717) is 17.7 Å². The average molecular weight is 289 g/mol. The molecule has 2 rings (SSSR count). The molecule has 0 aromatic rings. The van der Waals surface area contributed by atoms with E-state index >= 15 is 0 Å². The Morgan fingerprint density at radius 1 is 0.947 bits per heavy atom. The first-order valence-corrected chi connectivity index (χ1v) is 7.77. The summed E-state index contributed by atoms with van der Waals surface area (Å²) in [5, 5.41) is 0. The number of hydrogen-bond acceptors (Lipinski definition) is 2. The average Bonchev–Trinajstić information content (AvgIpc) is 2.67. The van der Waals surface area contributed by atoms with Crippen molar-refractivity contribution in [2.75, 3.05) is 19.6 Å². The SMILES string of the molecule is Cl.NCC1CCN(C(=O)CC2CCCCCC2)CC1. The van der Waals surface area contributed by atoms with Crippen molar-refractivity contribution in [2.45, 2.75) is 57.8 Å². The molecule has 2 fully saturated rings. The Labute approximate surface area is 123 Å². The molecule has 4 heteroatoms. The molecule has 112 valence electrons. The fraction of sp³-hybridized carbons (Fsp3) is 0.933. The molecular weight excluding hydrogens is 260 g/mol. The highest BCUT2D eigenvalue weighted by molar-refractivity contribution is 5.85. The first-order chi connectivity index (χ1) is 8.79. The van der Waals surface area contributed by atoms with Crippen LogP contribution < -0.4 is 5.73 Å². The van der Waals surface area contributed by atoms with Crippen molar-refractivity contribution >= 4 is 18.3 Å². The quantitative estimate of drug-likeness (QED) is 0.812. The third-order valence-corrected chi connectivity index (χ3v) is 4.74. The van der Waals surface area contributed by atoms with Gasteiger partial charge in [-0.15, -0.1) is 12.4 Å². The Morgan fingerprint density at radius 3 is 2.05 bits per heavy atom. The second-order valence-corrected chi connectivity index (χ2v) is 6.12. The predicted octanol–water partition coefficient (Wildman–Crippen LogP) is 2.97. The first-order valence-electron chi connectivity index (χ1n) is 7.77. The van der Waals surface area contributed by atoms with Crippen LogP contribution in [0.5, 0.6) is 0 Å². The van der Waals surface area contributed by atoms with Gasteiger partial charge in [-0.3, -0.25) is 4.79 Å². The number of amides is 1. The summed E-state index contributed by atoms with van der Waals surface area (Å²) in [7, 11) is 0. The van der Waals surface area contributed by atoms with Gasteiger partial charge in [0.25, 0.3) is 0 Å². The van der Waals surface area contributed by atoms with Crippen LogP contribution in [0.3, 0.4) is 0 Å². The summed E-state index contributed by atoms with van der Waals surface area (Å²) < 4.78 is 0. The van der Waals surface area contributed by atoms with Gasteiger partial charge < -0.3 is 10.6 Å². The largest absolute Gasteiger partial charge is 0.343 e. The van der Waals surface area contributed by atoms with Gasteiger partial charge in [0, 0.05) is 19.5 Å². The summed E-state index contributed by atoms with van der Waals surface area (Å²) in [6.45, 7) is 2.66. The van der Waals surface area contributed by atoms with Crippen LogP contribution in [-0.4, -0.2) is 30.4 Å². The van der Waals surface area contributed by atoms with E-state index in [9.17, 15) is 4.79 Å². The molecule has 1 aliphatic carbocycles. The van der Waals surface area contributed by atoms with Crippen molar-refractivity contribution in [1.29, 1.82) is 0 Å². The van der Waals surface area contributed by atoms with Crippen LogP contribution in [0.2, 0.25) is 0 Å². The maximum absolute atomic E-state index is 12.3. The molecule has 0 radical (unpaired) electrons. The first kappa shape index (κ1) is 16.8. The molecule has 0 atom stereocenters. The van der Waals surface area contributed by atoms with Crippen LogP contribution in [0, 0.1) is 11.8 Å². The highest BCUT2D eigenvalue weighted by Gasteiger charge is 2.24. The molecule has 0 spiro atoms. The van der Waals surface area contributed by atoms with Crippen LogP contribution in [0.15, 0.2) is 0 Å². The maximum atomic E-state index is 12.3. The second kappa shape index (κ2) is 8.80. The van der Waals surface area contributed by atoms with Crippen molar-refractivity contribution in [3.8, 4) is 0 Å². The van der Waals surface area contributed by atoms with Crippen LogP contribution in [-0.2, 0) is 4.79 Å². The molecule has 1 amide bonds. The molecule has 2 aliphatic rings. The number of hydrogen-bond donors (Lipinski definition) is 1. The van der Waals surface area contributed by atoms with Crippen LogP contribution in [0.1, 0.15) is 57.8 Å². The van der Waals surface area contributed by atoms with Crippen molar-refractivity contribution < 1.29 is 4.79 Å². The zero-order valence-electron chi connectivity index (χ0n) is 12.0.